The first-order chi connectivity index (χ1) is 14.4. The van der Waals surface area contributed by atoms with Gasteiger partial charge in [0.2, 0.25) is 5.69 Å². The van der Waals surface area contributed by atoms with Gasteiger partial charge in [-0.15, -0.1) is 0 Å². The molecule has 1 unspecified atom stereocenters. The summed E-state index contributed by atoms with van der Waals surface area (Å²) in [6.45, 7) is 3.02. The van der Waals surface area contributed by atoms with Crippen LogP contribution in [0.1, 0.15) is 28.7 Å². The molecule has 3 aromatic rings. The fourth-order valence-electron chi connectivity index (χ4n) is 3.50. The Bertz CT molecular complexity index is 986. The van der Waals surface area contributed by atoms with Crippen LogP contribution in [0.25, 0.3) is 0 Å². The maximum absolute atomic E-state index is 11.8. The van der Waals surface area contributed by atoms with E-state index in [1.807, 2.05) is 48.7 Å². The van der Waals surface area contributed by atoms with Crippen molar-refractivity contribution in [2.45, 2.75) is 20.0 Å². The van der Waals surface area contributed by atoms with Crippen molar-refractivity contribution in [3.63, 3.8) is 0 Å². The fourth-order valence-corrected chi connectivity index (χ4v) is 3.50. The summed E-state index contributed by atoms with van der Waals surface area (Å²) >= 11 is 3.66. The van der Waals surface area contributed by atoms with E-state index in [9.17, 15) is 4.79 Å². The van der Waals surface area contributed by atoms with Crippen LogP contribution in [-0.2, 0) is 35.2 Å². The van der Waals surface area contributed by atoms with Crippen molar-refractivity contribution < 1.29 is 29.2 Å². The molecule has 2 heterocycles. The van der Waals surface area contributed by atoms with Crippen molar-refractivity contribution in [1.29, 1.82) is 0 Å². The van der Waals surface area contributed by atoms with Gasteiger partial charge in [-0.1, -0.05) is 6.07 Å². The van der Waals surface area contributed by atoms with Crippen LogP contribution in [0.2, 0.25) is 0 Å². The van der Waals surface area contributed by atoms with Crippen LogP contribution in [0, 0.1) is 7.43 Å². The molecular formula is C24H30ClCuN3O2+2. The van der Waals surface area contributed by atoms with Gasteiger partial charge in [-0.05, 0) is 37.3 Å². The summed E-state index contributed by atoms with van der Waals surface area (Å²) in [6, 6.07) is 17.9. The van der Waals surface area contributed by atoms with E-state index in [0.717, 1.165) is 17.9 Å². The second kappa shape index (κ2) is 12.6. The zero-order valence-corrected chi connectivity index (χ0v) is 20.3. The van der Waals surface area contributed by atoms with Crippen LogP contribution in [0.5, 0.6) is 5.75 Å². The third kappa shape index (κ3) is 6.88. The monoisotopic (exact) mass is 490 g/mol. The second-order valence-electron chi connectivity index (χ2n) is 7.28. The number of nitrogens with zero attached hydrogens (tertiary/aromatic N) is 3. The Hall–Kier alpha value is -2.24. The third-order valence-corrected chi connectivity index (χ3v) is 5.08. The van der Waals surface area contributed by atoms with E-state index in [1.165, 1.54) is 5.69 Å². The standard InChI is InChI=1S/C23H27N3O2.CH3.ClH.Cu/c1-18(27)19-11-12-22(23(15-19)28-4)26(3,16-20-9-5-7-13-24-20)17-21-10-6-8-14-25(21)2;;;/h5-15H,16-17H2,1-4H3;1H3;1H;/q+2;-1;;+2/p-1. The van der Waals surface area contributed by atoms with Crippen molar-refractivity contribution in [3.05, 3.63) is 91.4 Å². The number of quaternary nitrogens is 1. The number of hydrogen-bond donors (Lipinski definition) is 0. The predicted octanol–water partition coefficient (Wildman–Crippen LogP) is 4.59. The molecule has 0 saturated heterocycles. The topological polar surface area (TPSA) is 43.1 Å². The number of ether oxygens (including phenoxy) is 1. The van der Waals surface area contributed by atoms with Gasteiger partial charge in [0.15, 0.2) is 30.0 Å². The van der Waals surface area contributed by atoms with Crippen molar-refractivity contribution in [2.75, 3.05) is 14.2 Å². The number of halogens is 1. The number of pyridine rings is 2. The number of ketones is 1. The number of methoxy groups -OCH3 is 1. The Morgan fingerprint density at radius 2 is 1.84 bits per heavy atom. The van der Waals surface area contributed by atoms with E-state index in [1.54, 1.807) is 14.0 Å². The average molecular weight is 492 g/mol. The molecule has 0 aliphatic heterocycles. The Labute approximate surface area is 198 Å². The molecular weight excluding hydrogens is 461 g/mol. The molecule has 1 aromatic carbocycles. The minimum atomic E-state index is 0. The Balaban J connectivity index is 0.00000156. The summed E-state index contributed by atoms with van der Waals surface area (Å²) in [5, 5.41) is 0. The van der Waals surface area contributed by atoms with Crippen LogP contribution < -0.4 is 13.8 Å². The molecule has 31 heavy (non-hydrogen) atoms. The van der Waals surface area contributed by atoms with Crippen molar-refractivity contribution in [3.8, 4) is 5.75 Å². The molecule has 0 aliphatic carbocycles. The van der Waals surface area contributed by atoms with Gasteiger partial charge in [0.1, 0.15) is 13.6 Å². The zero-order valence-electron chi connectivity index (χ0n) is 18.6. The van der Waals surface area contributed by atoms with Gasteiger partial charge in [0.25, 0.3) is 0 Å². The second-order valence-corrected chi connectivity index (χ2v) is 7.28. The molecule has 0 bridgehead atoms. The number of benzene rings is 1. The molecule has 0 spiro atoms. The molecule has 1 atom stereocenters. The van der Waals surface area contributed by atoms with Crippen LogP contribution >= 0.6 is 10.1 Å². The Morgan fingerprint density at radius 3 is 2.42 bits per heavy atom. The summed E-state index contributed by atoms with van der Waals surface area (Å²) < 4.78 is 8.39. The molecule has 0 fully saturated rings. The molecule has 5 nitrogen and oxygen atoms in total. The van der Waals surface area contributed by atoms with Gasteiger partial charge in [0, 0.05) is 30.0 Å². The SMILES string of the molecule is COc1cc(C(C)=O)ccc1[N+](C)(Cc1ccccn1)Cc1cccc[n+]1C.[CH3-].[Cl][Cu+]. The number of Topliss-reactive ketones (excluding diaryl/α,β-unsaturated/α-hetero) is 1. The first kappa shape index (κ1) is 26.8. The number of carbonyl (C=O) groups excluding carboxylic acids is 1. The first-order valence-electron chi connectivity index (χ1n) is 9.42. The number of rotatable bonds is 7. The van der Waals surface area contributed by atoms with Crippen LogP contribution in [0.3, 0.4) is 0 Å². The Morgan fingerprint density at radius 1 is 1.13 bits per heavy atom. The van der Waals surface area contributed by atoms with Gasteiger partial charge < -0.3 is 12.2 Å². The molecule has 0 N–H and O–H groups in total. The third-order valence-electron chi connectivity index (χ3n) is 5.08. The average Bonchev–Trinajstić information content (AvgIpc) is 2.77. The molecule has 0 aliphatic rings. The van der Waals surface area contributed by atoms with Gasteiger partial charge in [-0.25, -0.2) is 4.57 Å². The molecule has 2 aromatic heterocycles. The number of aryl methyl sites for hydroxylation is 1. The summed E-state index contributed by atoms with van der Waals surface area (Å²) in [5.74, 6) is 0.739. The normalized spacial score (nSPS) is 12.0. The van der Waals surface area contributed by atoms with E-state index in [2.05, 4.69) is 67.2 Å². The zero-order chi connectivity index (χ0) is 22.1. The van der Waals surface area contributed by atoms with E-state index in [-0.39, 0.29) is 13.2 Å². The van der Waals surface area contributed by atoms with Crippen molar-refractivity contribution in [1.82, 2.24) is 9.47 Å². The molecule has 169 valence electrons. The van der Waals surface area contributed by atoms with Gasteiger partial charge in [0.05, 0.1) is 19.9 Å². The summed E-state index contributed by atoms with van der Waals surface area (Å²) in [7, 11) is 10.1. The molecule has 3 rings (SSSR count). The van der Waals surface area contributed by atoms with Crippen LogP contribution in [0.15, 0.2) is 67.0 Å². The van der Waals surface area contributed by atoms with Crippen molar-refractivity contribution >= 4 is 21.6 Å². The summed E-state index contributed by atoms with van der Waals surface area (Å²) in [5.41, 5.74) is 3.86. The molecule has 0 saturated carbocycles. The number of hydrogen-bond acceptors (Lipinski definition) is 3. The van der Waals surface area contributed by atoms with E-state index in [4.69, 9.17) is 4.74 Å². The first-order valence-corrected chi connectivity index (χ1v) is 10.7. The van der Waals surface area contributed by atoms with Gasteiger partial charge in [-0.3, -0.25) is 14.3 Å². The van der Waals surface area contributed by atoms with Crippen LogP contribution in [0.4, 0.5) is 5.69 Å². The van der Waals surface area contributed by atoms with E-state index >= 15 is 0 Å². The van der Waals surface area contributed by atoms with Crippen molar-refractivity contribution in [2.24, 2.45) is 7.05 Å². The van der Waals surface area contributed by atoms with Gasteiger partial charge in [-0.2, -0.15) is 0 Å². The van der Waals surface area contributed by atoms with E-state index < -0.39 is 0 Å². The number of aromatic nitrogens is 2. The fraction of sp³-hybridized carbons (Fsp3) is 0.250. The molecule has 0 amide bonds. The number of carbonyl (C=O) groups is 1. The summed E-state index contributed by atoms with van der Waals surface area (Å²) in [6.07, 6.45) is 3.87. The van der Waals surface area contributed by atoms with Crippen LogP contribution in [-0.4, -0.2) is 24.9 Å². The summed E-state index contributed by atoms with van der Waals surface area (Å²) in [4.78, 5) is 16.4. The maximum atomic E-state index is 11.8. The molecule has 0 radical (unpaired) electrons. The Kier molecular flexibility index (Phi) is 10.9. The van der Waals surface area contributed by atoms with E-state index in [0.29, 0.717) is 22.3 Å². The quantitative estimate of drug-likeness (QED) is 0.160. The predicted molar refractivity (Wildman–Crippen MR) is 122 cm³/mol. The van der Waals surface area contributed by atoms with Gasteiger partial charge >= 0.3 is 25.2 Å². The minimum absolute atomic E-state index is 0. The molecule has 7 heteroatoms.